The Morgan fingerprint density at radius 1 is 1.62 bits per heavy atom. The van der Waals surface area contributed by atoms with Crippen LogP contribution in [0.2, 0.25) is 0 Å². The normalized spacial score (nSPS) is 25.9. The Hall–Kier alpha value is -0.570. The van der Waals surface area contributed by atoms with Gasteiger partial charge in [-0.2, -0.15) is 0 Å². The molecule has 1 fully saturated rings. The summed E-state index contributed by atoms with van der Waals surface area (Å²) in [4.78, 5) is 11.2. The number of nitrogens with one attached hydrogen (secondary N) is 1. The van der Waals surface area contributed by atoms with Crippen LogP contribution in [0.4, 0.5) is 0 Å². The maximum atomic E-state index is 11.2. The minimum absolute atomic E-state index is 0.0655. The summed E-state index contributed by atoms with van der Waals surface area (Å²) in [6.45, 7) is 8.64. The molecule has 3 heteroatoms. The molecule has 1 atom stereocenters. The van der Waals surface area contributed by atoms with Gasteiger partial charge in [0.15, 0.2) is 0 Å². The van der Waals surface area contributed by atoms with E-state index in [2.05, 4.69) is 19.2 Å². The molecule has 1 saturated heterocycles. The van der Waals surface area contributed by atoms with Crippen molar-refractivity contribution in [3.8, 4) is 0 Å². The van der Waals surface area contributed by atoms with Gasteiger partial charge in [-0.25, -0.2) is 0 Å². The second-order valence-electron chi connectivity index (χ2n) is 4.33. The number of hydrogen-bond acceptors (Lipinski definition) is 3. The summed E-state index contributed by atoms with van der Waals surface area (Å²) in [6, 6.07) is 0. The summed E-state index contributed by atoms with van der Waals surface area (Å²) in [5, 5.41) is 3.30. The lowest BCUT2D eigenvalue weighted by atomic mass is 9.80. The molecule has 0 radical (unpaired) electrons. The number of carbonyl (C=O) groups is 1. The Morgan fingerprint density at radius 3 is 2.77 bits per heavy atom. The fourth-order valence-electron chi connectivity index (χ4n) is 1.76. The average Bonchev–Trinajstić information content (AvgIpc) is 2.31. The van der Waals surface area contributed by atoms with Gasteiger partial charge < -0.3 is 10.1 Å². The van der Waals surface area contributed by atoms with Crippen molar-refractivity contribution in [2.75, 3.05) is 19.7 Å². The van der Waals surface area contributed by atoms with Gasteiger partial charge in [0.05, 0.1) is 13.0 Å². The zero-order valence-electron chi connectivity index (χ0n) is 8.72. The van der Waals surface area contributed by atoms with Crippen LogP contribution < -0.4 is 5.32 Å². The largest absolute Gasteiger partial charge is 0.466 e. The zero-order valence-corrected chi connectivity index (χ0v) is 8.72. The predicted molar refractivity (Wildman–Crippen MR) is 51.4 cm³/mol. The fraction of sp³-hybridized carbons (Fsp3) is 0.900. The van der Waals surface area contributed by atoms with E-state index in [9.17, 15) is 4.79 Å². The molecule has 1 aliphatic rings. The molecule has 1 aliphatic heterocycles. The molecule has 0 bridgehead atoms. The van der Waals surface area contributed by atoms with Crippen LogP contribution in [0.25, 0.3) is 0 Å². The first-order valence-electron chi connectivity index (χ1n) is 4.92. The Kier molecular flexibility index (Phi) is 3.31. The molecule has 0 spiro atoms. The number of carbonyl (C=O) groups excluding carboxylic acids is 1. The molecule has 0 amide bonds. The molecule has 0 saturated carbocycles. The maximum Gasteiger partial charge on any atom is 0.306 e. The molecule has 1 heterocycles. The van der Waals surface area contributed by atoms with E-state index in [1.54, 1.807) is 0 Å². The molecule has 1 unspecified atom stereocenters. The van der Waals surface area contributed by atoms with E-state index >= 15 is 0 Å². The summed E-state index contributed by atoms with van der Waals surface area (Å²) in [5.74, 6) is 0.357. The Morgan fingerprint density at radius 2 is 2.31 bits per heavy atom. The van der Waals surface area contributed by atoms with E-state index in [1.807, 2.05) is 6.92 Å². The second-order valence-corrected chi connectivity index (χ2v) is 4.33. The Labute approximate surface area is 79.8 Å². The lowest BCUT2D eigenvalue weighted by molar-refractivity contribution is -0.144. The summed E-state index contributed by atoms with van der Waals surface area (Å²) in [6.07, 6.45) is 0.549. The number of hydrogen-bond donors (Lipinski definition) is 1. The van der Waals surface area contributed by atoms with Crippen LogP contribution in [0.15, 0.2) is 0 Å². The highest BCUT2D eigenvalue weighted by molar-refractivity contribution is 5.69. The lowest BCUT2D eigenvalue weighted by Gasteiger charge is -2.24. The third kappa shape index (κ3) is 2.69. The highest BCUT2D eigenvalue weighted by Gasteiger charge is 2.35. The predicted octanol–water partition coefficient (Wildman–Crippen LogP) is 1.19. The first-order valence-corrected chi connectivity index (χ1v) is 4.92. The van der Waals surface area contributed by atoms with Gasteiger partial charge in [-0.3, -0.25) is 4.79 Å². The number of ether oxygens (including phenoxy) is 1. The summed E-state index contributed by atoms with van der Waals surface area (Å²) >= 11 is 0. The molecule has 0 aromatic carbocycles. The topological polar surface area (TPSA) is 38.3 Å². The molecular formula is C10H19NO2. The summed E-state index contributed by atoms with van der Waals surface area (Å²) < 4.78 is 4.93. The van der Waals surface area contributed by atoms with Crippen molar-refractivity contribution in [2.24, 2.45) is 11.3 Å². The van der Waals surface area contributed by atoms with Crippen LogP contribution in [0.5, 0.6) is 0 Å². The van der Waals surface area contributed by atoms with Crippen LogP contribution in [-0.4, -0.2) is 25.7 Å². The Bertz CT molecular complexity index is 189. The second kappa shape index (κ2) is 4.09. The third-order valence-corrected chi connectivity index (χ3v) is 2.79. The van der Waals surface area contributed by atoms with Gasteiger partial charge >= 0.3 is 5.97 Å². The van der Waals surface area contributed by atoms with Crippen molar-refractivity contribution < 1.29 is 9.53 Å². The average molecular weight is 185 g/mol. The zero-order chi connectivity index (χ0) is 9.90. The first-order chi connectivity index (χ1) is 6.06. The third-order valence-electron chi connectivity index (χ3n) is 2.79. The van der Waals surface area contributed by atoms with E-state index in [0.717, 1.165) is 13.1 Å². The SMILES string of the molecule is CCOC(=O)CC1CNCC1(C)C. The minimum atomic E-state index is -0.0655. The van der Waals surface area contributed by atoms with Gasteiger partial charge in [0.2, 0.25) is 0 Å². The van der Waals surface area contributed by atoms with E-state index in [-0.39, 0.29) is 11.4 Å². The van der Waals surface area contributed by atoms with Gasteiger partial charge in [0.25, 0.3) is 0 Å². The van der Waals surface area contributed by atoms with Crippen LogP contribution in [0.3, 0.4) is 0 Å². The van der Waals surface area contributed by atoms with Crippen molar-refractivity contribution in [1.82, 2.24) is 5.32 Å². The van der Waals surface area contributed by atoms with Gasteiger partial charge in [-0.15, -0.1) is 0 Å². The van der Waals surface area contributed by atoms with E-state index in [1.165, 1.54) is 0 Å². The molecule has 76 valence electrons. The smallest absolute Gasteiger partial charge is 0.306 e. The van der Waals surface area contributed by atoms with Crippen molar-refractivity contribution in [1.29, 1.82) is 0 Å². The molecular weight excluding hydrogens is 166 g/mol. The number of esters is 1. The minimum Gasteiger partial charge on any atom is -0.466 e. The standard InChI is InChI=1S/C10H19NO2/c1-4-13-9(12)5-8-6-11-7-10(8,2)3/h8,11H,4-7H2,1-3H3. The van der Waals surface area contributed by atoms with Gasteiger partial charge in [0, 0.05) is 6.54 Å². The first kappa shape index (κ1) is 10.5. The summed E-state index contributed by atoms with van der Waals surface area (Å²) in [5.41, 5.74) is 0.229. The lowest BCUT2D eigenvalue weighted by Crippen LogP contribution is -2.25. The highest BCUT2D eigenvalue weighted by Crippen LogP contribution is 2.32. The van der Waals surface area contributed by atoms with Gasteiger partial charge in [-0.1, -0.05) is 13.8 Å². The maximum absolute atomic E-state index is 11.2. The van der Waals surface area contributed by atoms with E-state index in [4.69, 9.17) is 4.74 Å². The van der Waals surface area contributed by atoms with Crippen molar-refractivity contribution in [2.45, 2.75) is 27.2 Å². The van der Waals surface area contributed by atoms with Crippen LogP contribution in [0.1, 0.15) is 27.2 Å². The van der Waals surface area contributed by atoms with Gasteiger partial charge in [0.1, 0.15) is 0 Å². The van der Waals surface area contributed by atoms with E-state index in [0.29, 0.717) is 18.9 Å². The summed E-state index contributed by atoms with van der Waals surface area (Å²) in [7, 11) is 0. The van der Waals surface area contributed by atoms with Crippen LogP contribution >= 0.6 is 0 Å². The van der Waals surface area contributed by atoms with Crippen molar-refractivity contribution >= 4 is 5.97 Å². The highest BCUT2D eigenvalue weighted by atomic mass is 16.5. The molecule has 1 N–H and O–H groups in total. The van der Waals surface area contributed by atoms with E-state index < -0.39 is 0 Å². The monoisotopic (exact) mass is 185 g/mol. The van der Waals surface area contributed by atoms with Crippen molar-refractivity contribution in [3.05, 3.63) is 0 Å². The van der Waals surface area contributed by atoms with Crippen LogP contribution in [0, 0.1) is 11.3 Å². The molecule has 0 aliphatic carbocycles. The van der Waals surface area contributed by atoms with Gasteiger partial charge in [-0.05, 0) is 24.8 Å². The van der Waals surface area contributed by atoms with Crippen LogP contribution in [-0.2, 0) is 9.53 Å². The fourth-order valence-corrected chi connectivity index (χ4v) is 1.76. The quantitative estimate of drug-likeness (QED) is 0.671. The molecule has 0 aromatic rings. The molecule has 3 nitrogen and oxygen atoms in total. The molecule has 1 rings (SSSR count). The molecule has 13 heavy (non-hydrogen) atoms. The molecule has 0 aromatic heterocycles. The van der Waals surface area contributed by atoms with Crippen molar-refractivity contribution in [3.63, 3.8) is 0 Å². The Balaban J connectivity index is 2.40. The number of rotatable bonds is 3.